The minimum Gasteiger partial charge on any atom is -0.440 e. The third kappa shape index (κ3) is 3.94. The monoisotopic (exact) mass is 377 g/mol. The van der Waals surface area contributed by atoms with E-state index in [1.165, 1.54) is 5.56 Å². The predicted molar refractivity (Wildman–Crippen MR) is 111 cm³/mol. The highest BCUT2D eigenvalue weighted by Gasteiger charge is 2.29. The lowest BCUT2D eigenvalue weighted by molar-refractivity contribution is -0.121. The largest absolute Gasteiger partial charge is 0.440 e. The van der Waals surface area contributed by atoms with Crippen LogP contribution in [0.3, 0.4) is 0 Å². The van der Waals surface area contributed by atoms with Crippen LogP contribution in [0.2, 0.25) is 0 Å². The fourth-order valence-electron chi connectivity index (χ4n) is 3.83. The Hall–Kier alpha value is -2.66. The van der Waals surface area contributed by atoms with E-state index in [1.807, 2.05) is 43.3 Å². The minimum atomic E-state index is -0.157. The number of anilines is 1. The van der Waals surface area contributed by atoms with Crippen LogP contribution in [0.4, 0.5) is 5.69 Å². The number of amides is 1. The van der Waals surface area contributed by atoms with Crippen molar-refractivity contribution in [1.29, 1.82) is 0 Å². The maximum absolute atomic E-state index is 12.7. The second kappa shape index (κ2) is 8.15. The van der Waals surface area contributed by atoms with Gasteiger partial charge in [-0.1, -0.05) is 31.2 Å². The van der Waals surface area contributed by atoms with Gasteiger partial charge >= 0.3 is 0 Å². The number of carbonyl (C=O) groups is 1. The van der Waals surface area contributed by atoms with Crippen LogP contribution in [-0.2, 0) is 11.2 Å². The summed E-state index contributed by atoms with van der Waals surface area (Å²) < 4.78 is 5.94. The highest BCUT2D eigenvalue weighted by molar-refractivity contribution is 5.94. The van der Waals surface area contributed by atoms with E-state index in [4.69, 9.17) is 4.42 Å². The van der Waals surface area contributed by atoms with Gasteiger partial charge in [0.2, 0.25) is 5.91 Å². The van der Waals surface area contributed by atoms with Crippen molar-refractivity contribution in [3.8, 4) is 0 Å². The molecule has 28 heavy (non-hydrogen) atoms. The maximum atomic E-state index is 12.7. The topological polar surface area (TPSA) is 58.4 Å². The third-order valence-corrected chi connectivity index (χ3v) is 5.75. The molecule has 0 bridgehead atoms. The van der Waals surface area contributed by atoms with Crippen LogP contribution >= 0.6 is 0 Å². The Morgan fingerprint density at radius 2 is 1.89 bits per heavy atom. The van der Waals surface area contributed by atoms with E-state index in [9.17, 15) is 4.79 Å². The van der Waals surface area contributed by atoms with Gasteiger partial charge in [-0.3, -0.25) is 9.69 Å². The Morgan fingerprint density at radius 1 is 1.18 bits per heavy atom. The predicted octanol–water partition coefficient (Wildman–Crippen LogP) is 4.60. The highest BCUT2D eigenvalue weighted by atomic mass is 16.3. The molecule has 1 fully saturated rings. The van der Waals surface area contributed by atoms with E-state index >= 15 is 0 Å². The molecule has 1 aromatic heterocycles. The number of piperidine rings is 1. The number of carbonyl (C=O) groups excluding carboxylic acids is 1. The molecule has 1 N–H and O–H groups in total. The molecule has 4 rings (SSSR count). The normalized spacial score (nSPS) is 16.9. The molecule has 2 heterocycles. The molecule has 5 heteroatoms. The van der Waals surface area contributed by atoms with Gasteiger partial charge in [0.1, 0.15) is 5.52 Å². The molecule has 3 aromatic rings. The second-order valence-electron chi connectivity index (χ2n) is 7.55. The van der Waals surface area contributed by atoms with Crippen LogP contribution in [0.1, 0.15) is 44.1 Å². The molecule has 0 saturated carbocycles. The van der Waals surface area contributed by atoms with Gasteiger partial charge in [0.15, 0.2) is 11.5 Å². The molecule has 0 radical (unpaired) electrons. The molecule has 1 aliphatic heterocycles. The highest BCUT2D eigenvalue weighted by Crippen LogP contribution is 2.30. The minimum absolute atomic E-state index is 0.0459. The number of rotatable bonds is 5. The summed E-state index contributed by atoms with van der Waals surface area (Å²) in [7, 11) is 0. The Morgan fingerprint density at radius 3 is 2.57 bits per heavy atom. The Bertz CT molecular complexity index is 907. The summed E-state index contributed by atoms with van der Waals surface area (Å²) in [6.07, 6.45) is 2.91. The SMILES string of the molecule is CCc1ccc(NC(=O)C(C)N2CCC(c3nc4ccccc4o3)CC2)cc1. The quantitative estimate of drug-likeness (QED) is 0.706. The van der Waals surface area contributed by atoms with Crippen molar-refractivity contribution in [2.24, 2.45) is 0 Å². The van der Waals surface area contributed by atoms with E-state index in [0.29, 0.717) is 5.92 Å². The van der Waals surface area contributed by atoms with Gasteiger partial charge in [0.05, 0.1) is 6.04 Å². The van der Waals surface area contributed by atoms with E-state index in [0.717, 1.165) is 55.0 Å². The Labute approximate surface area is 165 Å². The van der Waals surface area contributed by atoms with Gasteiger partial charge < -0.3 is 9.73 Å². The number of para-hydroxylation sites is 2. The molecule has 146 valence electrons. The van der Waals surface area contributed by atoms with Crippen molar-refractivity contribution in [2.75, 3.05) is 18.4 Å². The Kier molecular flexibility index (Phi) is 5.44. The second-order valence-corrected chi connectivity index (χ2v) is 7.55. The average Bonchev–Trinajstić information content (AvgIpc) is 3.18. The number of nitrogens with zero attached hydrogens (tertiary/aromatic N) is 2. The zero-order valence-electron chi connectivity index (χ0n) is 16.5. The number of likely N-dealkylation sites (tertiary alicyclic amines) is 1. The first-order valence-electron chi connectivity index (χ1n) is 10.1. The van der Waals surface area contributed by atoms with Gasteiger partial charge in [0.25, 0.3) is 0 Å². The molecule has 0 aliphatic carbocycles. The summed E-state index contributed by atoms with van der Waals surface area (Å²) in [5.41, 5.74) is 3.89. The van der Waals surface area contributed by atoms with Gasteiger partial charge in [-0.2, -0.15) is 0 Å². The van der Waals surface area contributed by atoms with Crippen LogP contribution < -0.4 is 5.32 Å². The summed E-state index contributed by atoms with van der Waals surface area (Å²) in [5, 5.41) is 3.04. The van der Waals surface area contributed by atoms with Crippen LogP contribution in [0.25, 0.3) is 11.1 Å². The van der Waals surface area contributed by atoms with Crippen molar-refractivity contribution < 1.29 is 9.21 Å². The van der Waals surface area contributed by atoms with Crippen LogP contribution in [0.15, 0.2) is 52.9 Å². The lowest BCUT2D eigenvalue weighted by Gasteiger charge is -2.34. The molecule has 1 saturated heterocycles. The summed E-state index contributed by atoms with van der Waals surface area (Å²) in [6.45, 7) is 5.84. The molecule has 5 nitrogen and oxygen atoms in total. The van der Waals surface area contributed by atoms with Gasteiger partial charge in [-0.15, -0.1) is 0 Å². The number of nitrogens with one attached hydrogen (secondary N) is 1. The van der Waals surface area contributed by atoms with Gasteiger partial charge in [-0.25, -0.2) is 4.98 Å². The first-order valence-corrected chi connectivity index (χ1v) is 10.1. The van der Waals surface area contributed by atoms with Crippen LogP contribution in [0, 0.1) is 0 Å². The summed E-state index contributed by atoms with van der Waals surface area (Å²) >= 11 is 0. The standard InChI is InChI=1S/C23H27N3O2/c1-3-17-8-10-19(11-9-17)24-22(27)16(2)26-14-12-18(13-15-26)23-25-20-6-4-5-7-21(20)28-23/h4-11,16,18H,3,12-15H2,1-2H3,(H,24,27). The number of aryl methyl sites for hydroxylation is 1. The lowest BCUT2D eigenvalue weighted by atomic mass is 9.95. The number of hydrogen-bond donors (Lipinski definition) is 1. The maximum Gasteiger partial charge on any atom is 0.241 e. The average molecular weight is 377 g/mol. The van der Waals surface area contributed by atoms with Gasteiger partial charge in [0, 0.05) is 11.6 Å². The molecule has 0 spiro atoms. The number of hydrogen-bond acceptors (Lipinski definition) is 4. The fourth-order valence-corrected chi connectivity index (χ4v) is 3.83. The van der Waals surface area contributed by atoms with E-state index < -0.39 is 0 Å². The number of oxazole rings is 1. The van der Waals surface area contributed by atoms with Crippen molar-refractivity contribution in [3.05, 3.63) is 60.0 Å². The zero-order valence-corrected chi connectivity index (χ0v) is 16.5. The van der Waals surface area contributed by atoms with Crippen LogP contribution in [-0.4, -0.2) is 34.9 Å². The molecule has 1 amide bonds. The first-order chi connectivity index (χ1) is 13.6. The Balaban J connectivity index is 1.33. The van der Waals surface area contributed by atoms with Crippen molar-refractivity contribution in [3.63, 3.8) is 0 Å². The van der Waals surface area contributed by atoms with E-state index in [-0.39, 0.29) is 11.9 Å². The zero-order chi connectivity index (χ0) is 19.5. The smallest absolute Gasteiger partial charge is 0.241 e. The van der Waals surface area contributed by atoms with Crippen LogP contribution in [0.5, 0.6) is 0 Å². The van der Waals surface area contributed by atoms with Crippen molar-refractivity contribution in [1.82, 2.24) is 9.88 Å². The van der Waals surface area contributed by atoms with Gasteiger partial charge in [-0.05, 0) is 69.1 Å². The number of benzene rings is 2. The third-order valence-electron chi connectivity index (χ3n) is 5.75. The summed E-state index contributed by atoms with van der Waals surface area (Å²) in [6, 6.07) is 15.8. The molecular weight excluding hydrogens is 350 g/mol. The molecular formula is C23H27N3O2. The van der Waals surface area contributed by atoms with E-state index in [1.54, 1.807) is 0 Å². The van der Waals surface area contributed by atoms with Crippen molar-refractivity contribution >= 4 is 22.7 Å². The first kappa shape index (κ1) is 18.7. The fraction of sp³-hybridized carbons (Fsp3) is 0.391. The summed E-state index contributed by atoms with van der Waals surface area (Å²) in [4.78, 5) is 19.5. The molecule has 1 aliphatic rings. The summed E-state index contributed by atoms with van der Waals surface area (Å²) in [5.74, 6) is 1.19. The van der Waals surface area contributed by atoms with E-state index in [2.05, 4.69) is 34.3 Å². The number of aromatic nitrogens is 1. The lowest BCUT2D eigenvalue weighted by Crippen LogP contribution is -2.45. The number of fused-ring (bicyclic) bond motifs is 1. The molecule has 2 aromatic carbocycles. The van der Waals surface area contributed by atoms with Crippen molar-refractivity contribution in [2.45, 2.75) is 45.1 Å². The molecule has 1 atom stereocenters. The molecule has 1 unspecified atom stereocenters.